The Labute approximate surface area is 194 Å². The van der Waals surface area contributed by atoms with E-state index in [9.17, 15) is 24.6 Å². The highest BCUT2D eigenvalue weighted by molar-refractivity contribution is 5.90. The summed E-state index contributed by atoms with van der Waals surface area (Å²) in [6.45, 7) is 8.91. The van der Waals surface area contributed by atoms with Gasteiger partial charge in [-0.05, 0) is 82.7 Å². The number of aliphatic imine (C=N–C) groups is 1. The fraction of sp³-hybridized carbons (Fsp3) is 0.565. The fourth-order valence-corrected chi connectivity index (χ4v) is 3.44. The van der Waals surface area contributed by atoms with Crippen LogP contribution in [-0.4, -0.2) is 52.2 Å². The molecule has 0 aliphatic carbocycles. The number of phenols is 1. The lowest BCUT2D eigenvalue weighted by Gasteiger charge is -2.24. The summed E-state index contributed by atoms with van der Waals surface area (Å²) in [6.07, 6.45) is -0.305. The first-order valence-electron chi connectivity index (χ1n) is 10.8. The topological polar surface area (TPSA) is 177 Å². The van der Waals surface area contributed by atoms with Gasteiger partial charge in [-0.2, -0.15) is 0 Å². The van der Waals surface area contributed by atoms with E-state index in [-0.39, 0.29) is 37.5 Å². The number of phenolic OH excluding ortho intramolecular Hbond substituents is 1. The van der Waals surface area contributed by atoms with Crippen LogP contribution >= 0.6 is 0 Å². The Balaban J connectivity index is 3.00. The molecule has 1 rings (SSSR count). The van der Waals surface area contributed by atoms with Crippen molar-refractivity contribution in [2.75, 3.05) is 6.54 Å². The van der Waals surface area contributed by atoms with E-state index in [0.29, 0.717) is 6.42 Å². The summed E-state index contributed by atoms with van der Waals surface area (Å²) in [5.74, 6) is -2.53. The van der Waals surface area contributed by atoms with Crippen LogP contribution in [0, 0.1) is 19.8 Å². The number of ketones is 1. The first-order chi connectivity index (χ1) is 15.2. The second-order valence-electron chi connectivity index (χ2n) is 9.12. The lowest BCUT2D eigenvalue weighted by atomic mass is 9.87. The van der Waals surface area contributed by atoms with Crippen molar-refractivity contribution in [2.24, 2.45) is 22.4 Å². The highest BCUT2D eigenvalue weighted by Gasteiger charge is 2.29. The predicted octanol–water partition coefficient (Wildman–Crippen LogP) is 2.16. The third kappa shape index (κ3) is 10.2. The minimum atomic E-state index is -1.12. The van der Waals surface area contributed by atoms with Gasteiger partial charge in [0.05, 0.1) is 12.0 Å². The molecule has 1 amide bonds. The second-order valence-corrected chi connectivity index (χ2v) is 9.12. The maximum absolute atomic E-state index is 13.0. The number of carbonyl (C=O) groups is 3. The van der Waals surface area contributed by atoms with Crippen LogP contribution < -0.4 is 16.8 Å². The van der Waals surface area contributed by atoms with Gasteiger partial charge in [-0.1, -0.05) is 0 Å². The third-order valence-electron chi connectivity index (χ3n) is 4.95. The van der Waals surface area contributed by atoms with E-state index in [0.717, 1.165) is 16.7 Å². The van der Waals surface area contributed by atoms with E-state index in [1.807, 2.05) is 0 Å². The number of alkyl carbamates (subject to hydrolysis) is 1. The molecule has 0 bridgehead atoms. The minimum Gasteiger partial charge on any atom is -0.508 e. The Morgan fingerprint density at radius 2 is 1.73 bits per heavy atom. The van der Waals surface area contributed by atoms with Crippen molar-refractivity contribution in [3.63, 3.8) is 0 Å². The summed E-state index contributed by atoms with van der Waals surface area (Å²) in [5, 5.41) is 22.0. The van der Waals surface area contributed by atoms with E-state index in [4.69, 9.17) is 16.2 Å². The Kier molecular flexibility index (Phi) is 10.2. The van der Waals surface area contributed by atoms with Crippen LogP contribution in [0.4, 0.5) is 4.79 Å². The van der Waals surface area contributed by atoms with E-state index in [1.54, 1.807) is 46.8 Å². The number of aromatic hydroxyl groups is 1. The standard InChI is InChI=1S/C23H36N4O6/c1-13-9-16(28)10-14(2)17(13)11-15(20(30)31)12-19(29)18(7-6-8-26-21(24)25)27-22(32)33-23(3,4)5/h9-10,15,18,28H,6-8,11-12H2,1-5H3,(H,27,32)(H,30,31)(H4,24,25,26)/t15-,18-/m1/s1. The van der Waals surface area contributed by atoms with Crippen molar-refractivity contribution in [3.8, 4) is 5.75 Å². The number of nitrogens with two attached hydrogens (primary N) is 2. The fourth-order valence-electron chi connectivity index (χ4n) is 3.44. The molecule has 1 aromatic carbocycles. The van der Waals surface area contributed by atoms with Crippen LogP contribution in [0.3, 0.4) is 0 Å². The van der Waals surface area contributed by atoms with E-state index in [2.05, 4.69) is 10.3 Å². The maximum atomic E-state index is 13.0. The molecule has 0 radical (unpaired) electrons. The molecule has 0 fully saturated rings. The molecular formula is C23H36N4O6. The van der Waals surface area contributed by atoms with Gasteiger partial charge < -0.3 is 31.7 Å². The summed E-state index contributed by atoms with van der Waals surface area (Å²) in [6, 6.07) is 2.16. The van der Waals surface area contributed by atoms with Crippen LogP contribution in [0.25, 0.3) is 0 Å². The number of nitrogens with zero attached hydrogens (tertiary/aromatic N) is 1. The molecule has 1 aromatic rings. The lowest BCUT2D eigenvalue weighted by molar-refractivity contribution is -0.144. The number of hydrogen-bond donors (Lipinski definition) is 5. The summed E-state index contributed by atoms with van der Waals surface area (Å²) in [7, 11) is 0. The van der Waals surface area contributed by atoms with Gasteiger partial charge in [0.1, 0.15) is 11.4 Å². The number of aryl methyl sites for hydroxylation is 2. The molecule has 0 aliphatic rings. The number of carboxylic acids is 1. The molecule has 0 heterocycles. The van der Waals surface area contributed by atoms with Gasteiger partial charge in [0.25, 0.3) is 0 Å². The predicted molar refractivity (Wildman–Crippen MR) is 125 cm³/mol. The smallest absolute Gasteiger partial charge is 0.408 e. The Hall–Kier alpha value is -3.30. The van der Waals surface area contributed by atoms with Crippen LogP contribution in [0.2, 0.25) is 0 Å². The monoisotopic (exact) mass is 464 g/mol. The SMILES string of the molecule is Cc1cc(O)cc(C)c1C[C@H](CC(=O)[C@@H](CCCN=C(N)N)NC(=O)OC(C)(C)C)C(=O)O. The maximum Gasteiger partial charge on any atom is 0.408 e. The van der Waals surface area contributed by atoms with Crippen LogP contribution in [0.15, 0.2) is 17.1 Å². The summed E-state index contributed by atoms with van der Waals surface area (Å²) in [5.41, 5.74) is 12.1. The first kappa shape index (κ1) is 27.7. The Morgan fingerprint density at radius 3 is 2.21 bits per heavy atom. The zero-order chi connectivity index (χ0) is 25.3. The average molecular weight is 465 g/mol. The number of carboxylic acid groups (broad SMARTS) is 1. The molecule has 2 atom stereocenters. The van der Waals surface area contributed by atoms with E-state index in [1.165, 1.54) is 0 Å². The van der Waals surface area contributed by atoms with E-state index >= 15 is 0 Å². The number of rotatable bonds is 11. The van der Waals surface area contributed by atoms with Gasteiger partial charge >= 0.3 is 12.1 Å². The molecule has 10 heteroatoms. The third-order valence-corrected chi connectivity index (χ3v) is 4.95. The summed E-state index contributed by atoms with van der Waals surface area (Å²) >= 11 is 0. The van der Waals surface area contributed by atoms with Gasteiger partial charge in [0.2, 0.25) is 0 Å². The Bertz CT molecular complexity index is 864. The lowest BCUT2D eigenvalue weighted by Crippen LogP contribution is -2.44. The van der Waals surface area contributed by atoms with E-state index < -0.39 is 35.4 Å². The van der Waals surface area contributed by atoms with Crippen molar-refractivity contribution in [1.29, 1.82) is 0 Å². The number of guanidine groups is 1. The number of carbonyl (C=O) groups excluding carboxylic acids is 2. The van der Waals surface area contributed by atoms with Crippen LogP contribution in [0.5, 0.6) is 5.75 Å². The van der Waals surface area contributed by atoms with Gasteiger partial charge in [-0.3, -0.25) is 14.6 Å². The molecule has 0 aliphatic heterocycles. The summed E-state index contributed by atoms with van der Waals surface area (Å²) in [4.78, 5) is 41.1. The molecule has 0 saturated heterocycles. The highest BCUT2D eigenvalue weighted by Crippen LogP contribution is 2.25. The van der Waals surface area contributed by atoms with Gasteiger partial charge in [0, 0.05) is 13.0 Å². The molecule has 33 heavy (non-hydrogen) atoms. The molecule has 0 spiro atoms. The number of Topliss-reactive ketones (excluding diaryl/α,β-unsaturated/α-hetero) is 1. The van der Waals surface area contributed by atoms with Crippen molar-refractivity contribution < 1.29 is 29.3 Å². The van der Waals surface area contributed by atoms with Crippen molar-refractivity contribution in [1.82, 2.24) is 5.32 Å². The van der Waals surface area contributed by atoms with Crippen LogP contribution in [0.1, 0.15) is 56.7 Å². The van der Waals surface area contributed by atoms with Crippen molar-refractivity contribution >= 4 is 23.8 Å². The van der Waals surface area contributed by atoms with Gasteiger partial charge in [0.15, 0.2) is 11.7 Å². The highest BCUT2D eigenvalue weighted by atomic mass is 16.6. The molecule has 0 unspecified atom stereocenters. The zero-order valence-corrected chi connectivity index (χ0v) is 20.0. The minimum absolute atomic E-state index is 0.0800. The molecule has 10 nitrogen and oxygen atoms in total. The molecule has 7 N–H and O–H groups in total. The first-order valence-corrected chi connectivity index (χ1v) is 10.8. The second kappa shape index (κ2) is 12.1. The number of amides is 1. The largest absolute Gasteiger partial charge is 0.508 e. The number of nitrogens with one attached hydrogen (secondary N) is 1. The summed E-state index contributed by atoms with van der Waals surface area (Å²) < 4.78 is 5.24. The molecular weight excluding hydrogens is 428 g/mol. The number of aliphatic carboxylic acids is 1. The van der Waals surface area contributed by atoms with Crippen molar-refractivity contribution in [2.45, 2.75) is 71.9 Å². The molecule has 0 saturated carbocycles. The Morgan fingerprint density at radius 1 is 1.15 bits per heavy atom. The number of hydrogen-bond acceptors (Lipinski definition) is 6. The normalized spacial score (nSPS) is 13.0. The van der Waals surface area contributed by atoms with Crippen molar-refractivity contribution in [3.05, 3.63) is 28.8 Å². The molecule has 184 valence electrons. The quantitative estimate of drug-likeness (QED) is 0.188. The van der Waals surface area contributed by atoms with Gasteiger partial charge in [-0.25, -0.2) is 4.79 Å². The average Bonchev–Trinajstić information content (AvgIpc) is 2.63. The zero-order valence-electron chi connectivity index (χ0n) is 20.0. The van der Waals surface area contributed by atoms with Crippen LogP contribution in [-0.2, 0) is 20.7 Å². The number of ether oxygens (including phenoxy) is 1. The van der Waals surface area contributed by atoms with Gasteiger partial charge in [-0.15, -0.1) is 0 Å². The molecule has 0 aromatic heterocycles. The number of benzene rings is 1.